The minimum Gasteiger partial charge on any atom is -0.370 e. The van der Waals surface area contributed by atoms with Gasteiger partial charge in [-0.2, -0.15) is 0 Å². The van der Waals surface area contributed by atoms with Crippen LogP contribution in [0.1, 0.15) is 19.2 Å². The van der Waals surface area contributed by atoms with Crippen LogP contribution in [0.15, 0.2) is 34.8 Å². The van der Waals surface area contributed by atoms with Crippen LogP contribution in [0.4, 0.5) is 17.3 Å². The number of hydrogen-bond acceptors (Lipinski definition) is 4. The van der Waals surface area contributed by atoms with Crippen molar-refractivity contribution in [3.8, 4) is 0 Å². The zero-order valence-electron chi connectivity index (χ0n) is 11.1. The van der Waals surface area contributed by atoms with Crippen molar-refractivity contribution >= 4 is 33.3 Å². The van der Waals surface area contributed by atoms with Crippen LogP contribution in [0, 0.1) is 6.92 Å². The Hall–Kier alpha value is -1.62. The molecule has 0 radical (unpaired) electrons. The maximum Gasteiger partial charge on any atom is 0.136 e. The average Bonchev–Trinajstić information content (AvgIpc) is 2.38. The predicted molar refractivity (Wildman–Crippen MR) is 83.0 cm³/mol. The summed E-state index contributed by atoms with van der Waals surface area (Å²) in [5.74, 6) is 2.41. The van der Waals surface area contributed by atoms with Crippen molar-refractivity contribution in [2.24, 2.45) is 0 Å². The average molecular weight is 321 g/mol. The molecule has 0 spiro atoms. The lowest BCUT2D eigenvalue weighted by Crippen LogP contribution is -2.05. The van der Waals surface area contributed by atoms with Crippen molar-refractivity contribution in [1.29, 1.82) is 0 Å². The topological polar surface area (TPSA) is 49.8 Å². The Bertz CT molecular complexity index is 540. The summed E-state index contributed by atoms with van der Waals surface area (Å²) >= 11 is 3.42. The third kappa shape index (κ3) is 4.21. The van der Waals surface area contributed by atoms with Gasteiger partial charge in [0.05, 0.1) is 0 Å². The van der Waals surface area contributed by atoms with Gasteiger partial charge in [-0.25, -0.2) is 9.97 Å². The summed E-state index contributed by atoms with van der Waals surface area (Å²) in [5.41, 5.74) is 1.00. The zero-order chi connectivity index (χ0) is 13.7. The van der Waals surface area contributed by atoms with Crippen molar-refractivity contribution in [2.45, 2.75) is 20.3 Å². The molecule has 0 saturated heterocycles. The van der Waals surface area contributed by atoms with Gasteiger partial charge in [0.1, 0.15) is 17.5 Å². The van der Waals surface area contributed by atoms with Crippen LogP contribution in [0.3, 0.4) is 0 Å². The summed E-state index contributed by atoms with van der Waals surface area (Å²) in [7, 11) is 0. The lowest BCUT2D eigenvalue weighted by molar-refractivity contribution is 0.955. The van der Waals surface area contributed by atoms with Crippen LogP contribution in [0.5, 0.6) is 0 Å². The second kappa shape index (κ2) is 6.52. The van der Waals surface area contributed by atoms with E-state index in [4.69, 9.17) is 0 Å². The third-order valence-corrected chi connectivity index (χ3v) is 3.04. The molecular weight excluding hydrogens is 304 g/mol. The van der Waals surface area contributed by atoms with Crippen LogP contribution < -0.4 is 10.6 Å². The Kier molecular flexibility index (Phi) is 4.74. The number of anilines is 3. The second-order valence-corrected chi connectivity index (χ2v) is 5.16. The number of hydrogen-bond donors (Lipinski definition) is 2. The predicted octanol–water partition coefficient (Wildman–Crippen LogP) is 4.11. The molecule has 0 amide bonds. The molecule has 1 aromatic carbocycles. The number of nitrogens with one attached hydrogen (secondary N) is 2. The highest BCUT2D eigenvalue weighted by Crippen LogP contribution is 2.19. The summed E-state index contributed by atoms with van der Waals surface area (Å²) in [6.45, 7) is 4.93. The smallest absolute Gasteiger partial charge is 0.136 e. The maximum absolute atomic E-state index is 4.39. The molecule has 0 bridgehead atoms. The summed E-state index contributed by atoms with van der Waals surface area (Å²) in [4.78, 5) is 8.74. The van der Waals surface area contributed by atoms with E-state index in [-0.39, 0.29) is 0 Å². The van der Waals surface area contributed by atoms with Gasteiger partial charge in [0, 0.05) is 22.8 Å². The van der Waals surface area contributed by atoms with E-state index in [0.717, 1.165) is 40.6 Å². The van der Waals surface area contributed by atoms with Crippen LogP contribution in [-0.2, 0) is 0 Å². The number of aryl methyl sites for hydroxylation is 1. The van der Waals surface area contributed by atoms with Crippen LogP contribution >= 0.6 is 15.9 Å². The quantitative estimate of drug-likeness (QED) is 0.870. The summed E-state index contributed by atoms with van der Waals surface area (Å²) in [6.07, 6.45) is 1.07. The van der Waals surface area contributed by atoms with E-state index in [0.29, 0.717) is 0 Å². The molecule has 100 valence electrons. The molecule has 1 heterocycles. The number of halogens is 1. The zero-order valence-corrected chi connectivity index (χ0v) is 12.7. The molecule has 2 aromatic rings. The fraction of sp³-hybridized carbons (Fsp3) is 0.286. The SMILES string of the molecule is CCCNc1cc(Nc2ccc(Br)cc2)nc(C)n1. The van der Waals surface area contributed by atoms with Crippen molar-refractivity contribution in [1.82, 2.24) is 9.97 Å². The van der Waals surface area contributed by atoms with Crippen LogP contribution in [0.2, 0.25) is 0 Å². The Morgan fingerprint density at radius 2 is 1.79 bits per heavy atom. The number of aromatic nitrogens is 2. The van der Waals surface area contributed by atoms with Gasteiger partial charge in [-0.05, 0) is 37.6 Å². The molecule has 4 nitrogen and oxygen atoms in total. The van der Waals surface area contributed by atoms with E-state index in [1.165, 1.54) is 0 Å². The monoisotopic (exact) mass is 320 g/mol. The highest BCUT2D eigenvalue weighted by atomic mass is 79.9. The Morgan fingerprint density at radius 3 is 2.47 bits per heavy atom. The van der Waals surface area contributed by atoms with Crippen LogP contribution in [0.25, 0.3) is 0 Å². The number of nitrogens with zero attached hydrogens (tertiary/aromatic N) is 2. The Balaban J connectivity index is 2.15. The largest absolute Gasteiger partial charge is 0.370 e. The molecule has 0 unspecified atom stereocenters. The lowest BCUT2D eigenvalue weighted by atomic mass is 10.3. The minimum atomic E-state index is 0.751. The number of rotatable bonds is 5. The number of benzene rings is 1. The van der Waals surface area contributed by atoms with Crippen LogP contribution in [-0.4, -0.2) is 16.5 Å². The van der Waals surface area contributed by atoms with E-state index < -0.39 is 0 Å². The van der Waals surface area contributed by atoms with Crippen molar-refractivity contribution in [3.05, 3.63) is 40.6 Å². The Morgan fingerprint density at radius 1 is 1.11 bits per heavy atom. The first-order valence-corrected chi connectivity index (χ1v) is 7.09. The molecule has 5 heteroatoms. The van der Waals surface area contributed by atoms with Gasteiger partial charge >= 0.3 is 0 Å². The molecule has 0 fully saturated rings. The first kappa shape index (κ1) is 13.8. The summed E-state index contributed by atoms with van der Waals surface area (Å²) < 4.78 is 1.06. The maximum atomic E-state index is 4.39. The van der Waals surface area contributed by atoms with E-state index in [2.05, 4.69) is 43.5 Å². The standard InChI is InChI=1S/C14H17BrN4/c1-3-8-16-13-9-14(18-10(2)17-13)19-12-6-4-11(15)5-7-12/h4-7,9H,3,8H2,1-2H3,(H2,16,17,18,19). The van der Waals surface area contributed by atoms with Gasteiger partial charge in [-0.1, -0.05) is 22.9 Å². The molecule has 0 aliphatic heterocycles. The highest BCUT2D eigenvalue weighted by molar-refractivity contribution is 9.10. The van der Waals surface area contributed by atoms with Gasteiger partial charge in [0.2, 0.25) is 0 Å². The van der Waals surface area contributed by atoms with E-state index in [9.17, 15) is 0 Å². The van der Waals surface area contributed by atoms with E-state index in [1.807, 2.05) is 37.3 Å². The van der Waals surface area contributed by atoms with Gasteiger partial charge in [-0.3, -0.25) is 0 Å². The molecular formula is C14H17BrN4. The Labute approximate surface area is 121 Å². The first-order chi connectivity index (χ1) is 9.17. The minimum absolute atomic E-state index is 0.751. The fourth-order valence-corrected chi connectivity index (χ4v) is 1.92. The van der Waals surface area contributed by atoms with E-state index in [1.54, 1.807) is 0 Å². The van der Waals surface area contributed by atoms with E-state index >= 15 is 0 Å². The van der Waals surface area contributed by atoms with Gasteiger partial charge in [-0.15, -0.1) is 0 Å². The molecule has 0 aliphatic rings. The van der Waals surface area contributed by atoms with Crippen molar-refractivity contribution < 1.29 is 0 Å². The second-order valence-electron chi connectivity index (χ2n) is 4.24. The molecule has 1 aromatic heterocycles. The molecule has 2 rings (SSSR count). The third-order valence-electron chi connectivity index (χ3n) is 2.51. The molecule has 19 heavy (non-hydrogen) atoms. The van der Waals surface area contributed by atoms with Crippen molar-refractivity contribution in [2.75, 3.05) is 17.2 Å². The molecule has 0 atom stereocenters. The summed E-state index contributed by atoms with van der Waals surface area (Å²) in [5, 5.41) is 6.55. The van der Waals surface area contributed by atoms with Gasteiger partial charge in [0.15, 0.2) is 0 Å². The highest BCUT2D eigenvalue weighted by Gasteiger charge is 2.02. The fourth-order valence-electron chi connectivity index (χ4n) is 1.66. The van der Waals surface area contributed by atoms with Gasteiger partial charge < -0.3 is 10.6 Å². The summed E-state index contributed by atoms with van der Waals surface area (Å²) in [6, 6.07) is 9.91. The van der Waals surface area contributed by atoms with Crippen molar-refractivity contribution in [3.63, 3.8) is 0 Å². The first-order valence-electron chi connectivity index (χ1n) is 6.29. The molecule has 2 N–H and O–H groups in total. The normalized spacial score (nSPS) is 10.3. The lowest BCUT2D eigenvalue weighted by Gasteiger charge is -2.09. The van der Waals surface area contributed by atoms with Gasteiger partial charge in [0.25, 0.3) is 0 Å². The molecule has 0 aliphatic carbocycles. The molecule has 0 saturated carbocycles.